The lowest BCUT2D eigenvalue weighted by Crippen LogP contribution is -2.36. The van der Waals surface area contributed by atoms with Crippen LogP contribution in [0.2, 0.25) is 0 Å². The monoisotopic (exact) mass is 354 g/mol. The van der Waals surface area contributed by atoms with Gasteiger partial charge in [0.15, 0.2) is 11.7 Å². The summed E-state index contributed by atoms with van der Waals surface area (Å²) in [5, 5.41) is 3.41. The van der Waals surface area contributed by atoms with Crippen LogP contribution < -0.4 is 5.32 Å². The van der Waals surface area contributed by atoms with Crippen molar-refractivity contribution in [3.05, 3.63) is 40.6 Å². The van der Waals surface area contributed by atoms with Crippen molar-refractivity contribution in [2.75, 3.05) is 6.54 Å². The average Bonchev–Trinajstić information content (AvgIpc) is 2.82. The second-order valence-corrected chi connectivity index (χ2v) is 6.85. The SMILES string of the molecule is CC(C)(C)NCCCc1ncc(-c2c(F)cccc2Br)o1. The lowest BCUT2D eigenvalue weighted by molar-refractivity contribution is 0.412. The van der Waals surface area contributed by atoms with Crippen molar-refractivity contribution in [1.82, 2.24) is 10.3 Å². The zero-order chi connectivity index (χ0) is 15.5. The van der Waals surface area contributed by atoms with Crippen LogP contribution in [-0.4, -0.2) is 17.1 Å². The van der Waals surface area contributed by atoms with Gasteiger partial charge in [0.05, 0.1) is 11.8 Å². The number of aryl methyl sites for hydroxylation is 1. The molecular weight excluding hydrogens is 335 g/mol. The highest BCUT2D eigenvalue weighted by molar-refractivity contribution is 9.10. The van der Waals surface area contributed by atoms with E-state index >= 15 is 0 Å². The number of halogens is 2. The molecule has 0 radical (unpaired) electrons. The molecular formula is C16H20BrFN2O. The Balaban J connectivity index is 1.99. The van der Waals surface area contributed by atoms with Gasteiger partial charge >= 0.3 is 0 Å². The predicted octanol–water partition coefficient (Wildman–Crippen LogP) is 4.56. The van der Waals surface area contributed by atoms with Crippen molar-refractivity contribution < 1.29 is 8.81 Å². The molecule has 0 aliphatic carbocycles. The highest BCUT2D eigenvalue weighted by Crippen LogP contribution is 2.31. The predicted molar refractivity (Wildman–Crippen MR) is 85.7 cm³/mol. The fourth-order valence-electron chi connectivity index (χ4n) is 1.98. The minimum atomic E-state index is -0.318. The van der Waals surface area contributed by atoms with Crippen molar-refractivity contribution in [2.45, 2.75) is 39.2 Å². The molecule has 1 heterocycles. The Hall–Kier alpha value is -1.20. The molecule has 0 unspecified atom stereocenters. The standard InChI is InChI=1S/C16H20BrFN2O/c1-16(2,3)20-9-5-8-14-19-10-13(21-14)15-11(17)6-4-7-12(15)18/h4,6-7,10,20H,5,8-9H2,1-3H3. The number of aromatic nitrogens is 1. The van der Waals surface area contributed by atoms with Crippen LogP contribution in [0.5, 0.6) is 0 Å². The Morgan fingerprint density at radius 2 is 2.10 bits per heavy atom. The Bertz CT molecular complexity index is 584. The second-order valence-electron chi connectivity index (χ2n) is 6.00. The normalized spacial score (nSPS) is 11.9. The summed E-state index contributed by atoms with van der Waals surface area (Å²) >= 11 is 3.34. The fourth-order valence-corrected chi connectivity index (χ4v) is 2.52. The third-order valence-corrected chi connectivity index (χ3v) is 3.65. The first-order chi connectivity index (χ1) is 9.87. The van der Waals surface area contributed by atoms with Crippen LogP contribution in [0.3, 0.4) is 0 Å². The fraction of sp³-hybridized carbons (Fsp3) is 0.438. The van der Waals surface area contributed by atoms with Gasteiger partial charge in [-0.2, -0.15) is 0 Å². The second kappa shape index (κ2) is 6.71. The number of nitrogens with zero attached hydrogens (tertiary/aromatic N) is 1. The Kier molecular flexibility index (Phi) is 5.17. The minimum absolute atomic E-state index is 0.111. The first-order valence-corrected chi connectivity index (χ1v) is 7.80. The van der Waals surface area contributed by atoms with Crippen molar-refractivity contribution in [2.24, 2.45) is 0 Å². The Morgan fingerprint density at radius 1 is 1.33 bits per heavy atom. The zero-order valence-corrected chi connectivity index (χ0v) is 14.1. The third-order valence-electron chi connectivity index (χ3n) is 2.99. The van der Waals surface area contributed by atoms with Crippen LogP contribution in [0.25, 0.3) is 11.3 Å². The molecule has 1 aromatic heterocycles. The van der Waals surface area contributed by atoms with Crippen LogP contribution >= 0.6 is 15.9 Å². The molecule has 0 saturated heterocycles. The third kappa shape index (κ3) is 4.64. The molecule has 0 spiro atoms. The molecule has 2 rings (SSSR count). The van der Waals surface area contributed by atoms with Gasteiger partial charge in [-0.15, -0.1) is 0 Å². The summed E-state index contributed by atoms with van der Waals surface area (Å²) in [5.41, 5.74) is 0.531. The van der Waals surface area contributed by atoms with Crippen LogP contribution in [0.15, 0.2) is 33.3 Å². The number of oxazole rings is 1. The van der Waals surface area contributed by atoms with E-state index in [0.29, 0.717) is 21.7 Å². The van der Waals surface area contributed by atoms with E-state index in [9.17, 15) is 4.39 Å². The molecule has 0 amide bonds. The first-order valence-electron chi connectivity index (χ1n) is 7.01. The maximum absolute atomic E-state index is 13.9. The molecule has 0 bridgehead atoms. The summed E-state index contributed by atoms with van der Waals surface area (Å²) in [4.78, 5) is 4.23. The topological polar surface area (TPSA) is 38.1 Å². The molecule has 3 nitrogen and oxygen atoms in total. The number of hydrogen-bond donors (Lipinski definition) is 1. The Morgan fingerprint density at radius 3 is 2.76 bits per heavy atom. The molecule has 1 aromatic carbocycles. The number of benzene rings is 1. The molecule has 0 saturated carbocycles. The smallest absolute Gasteiger partial charge is 0.194 e. The van der Waals surface area contributed by atoms with Crippen LogP contribution in [0.4, 0.5) is 4.39 Å². The number of hydrogen-bond acceptors (Lipinski definition) is 3. The molecule has 114 valence electrons. The molecule has 0 atom stereocenters. The van der Waals surface area contributed by atoms with Gasteiger partial charge in [-0.05, 0) is 61.8 Å². The summed E-state index contributed by atoms with van der Waals surface area (Å²) in [6, 6.07) is 4.85. The van der Waals surface area contributed by atoms with Gasteiger partial charge < -0.3 is 9.73 Å². The van der Waals surface area contributed by atoms with E-state index in [0.717, 1.165) is 19.4 Å². The van der Waals surface area contributed by atoms with E-state index in [1.165, 1.54) is 6.07 Å². The zero-order valence-electron chi connectivity index (χ0n) is 12.5. The summed E-state index contributed by atoms with van der Waals surface area (Å²) in [6.07, 6.45) is 3.24. The summed E-state index contributed by atoms with van der Waals surface area (Å²) in [6.45, 7) is 7.29. The number of nitrogens with one attached hydrogen (secondary N) is 1. The van der Waals surface area contributed by atoms with Crippen molar-refractivity contribution in [3.8, 4) is 11.3 Å². The van der Waals surface area contributed by atoms with E-state index < -0.39 is 0 Å². The van der Waals surface area contributed by atoms with Gasteiger partial charge in [0, 0.05) is 16.4 Å². The van der Waals surface area contributed by atoms with Crippen LogP contribution in [0, 0.1) is 5.82 Å². The highest BCUT2D eigenvalue weighted by Gasteiger charge is 2.14. The van der Waals surface area contributed by atoms with Gasteiger partial charge in [-0.1, -0.05) is 6.07 Å². The van der Waals surface area contributed by atoms with Gasteiger partial charge in [0.2, 0.25) is 0 Å². The van der Waals surface area contributed by atoms with Gasteiger partial charge in [0.1, 0.15) is 5.82 Å². The van der Waals surface area contributed by atoms with Crippen molar-refractivity contribution >= 4 is 15.9 Å². The quantitative estimate of drug-likeness (QED) is 0.799. The van der Waals surface area contributed by atoms with E-state index in [1.54, 1.807) is 18.3 Å². The lowest BCUT2D eigenvalue weighted by atomic mass is 10.1. The van der Waals surface area contributed by atoms with Crippen LogP contribution in [-0.2, 0) is 6.42 Å². The summed E-state index contributed by atoms with van der Waals surface area (Å²) < 4.78 is 20.2. The summed E-state index contributed by atoms with van der Waals surface area (Å²) in [5.74, 6) is 0.774. The molecule has 0 aliphatic rings. The van der Waals surface area contributed by atoms with Crippen LogP contribution in [0.1, 0.15) is 33.1 Å². The average molecular weight is 355 g/mol. The molecule has 1 N–H and O–H groups in total. The molecule has 2 aromatic rings. The van der Waals surface area contributed by atoms with Crippen molar-refractivity contribution in [3.63, 3.8) is 0 Å². The molecule has 21 heavy (non-hydrogen) atoms. The number of rotatable bonds is 5. The summed E-state index contributed by atoms with van der Waals surface area (Å²) in [7, 11) is 0. The Labute approximate surface area is 133 Å². The molecule has 0 aliphatic heterocycles. The van der Waals surface area contributed by atoms with E-state index in [2.05, 4.69) is 47.0 Å². The molecule has 5 heteroatoms. The lowest BCUT2D eigenvalue weighted by Gasteiger charge is -2.20. The van der Waals surface area contributed by atoms with Crippen molar-refractivity contribution in [1.29, 1.82) is 0 Å². The van der Waals surface area contributed by atoms with Gasteiger partial charge in [0.25, 0.3) is 0 Å². The van der Waals surface area contributed by atoms with E-state index in [4.69, 9.17) is 4.42 Å². The minimum Gasteiger partial charge on any atom is -0.441 e. The van der Waals surface area contributed by atoms with Gasteiger partial charge in [-0.3, -0.25) is 0 Å². The van der Waals surface area contributed by atoms with E-state index in [1.807, 2.05) is 0 Å². The first kappa shape index (κ1) is 16.2. The largest absolute Gasteiger partial charge is 0.441 e. The van der Waals surface area contributed by atoms with Gasteiger partial charge in [-0.25, -0.2) is 9.37 Å². The highest BCUT2D eigenvalue weighted by atomic mass is 79.9. The maximum atomic E-state index is 13.9. The van der Waals surface area contributed by atoms with E-state index in [-0.39, 0.29) is 11.4 Å². The molecule has 0 fully saturated rings. The maximum Gasteiger partial charge on any atom is 0.194 e.